The molecule has 0 bridgehead atoms. The molecule has 1 saturated carbocycles. The van der Waals surface area contributed by atoms with Gasteiger partial charge in [0.05, 0.1) is 19.1 Å². The number of rotatable bonds is 7. The molecule has 11 nitrogen and oxygen atoms in total. The molecule has 0 spiro atoms. The average molecular weight is 688 g/mol. The molecule has 0 radical (unpaired) electrons. The zero-order valence-corrected chi connectivity index (χ0v) is 30.3. The molecule has 11 heteroatoms. The van der Waals surface area contributed by atoms with Gasteiger partial charge in [-0.05, 0) is 64.0 Å². The van der Waals surface area contributed by atoms with E-state index in [1.165, 1.54) is 38.5 Å². The lowest BCUT2D eigenvalue weighted by atomic mass is 9.89. The maximum atomic E-state index is 13.4. The summed E-state index contributed by atoms with van der Waals surface area (Å²) in [5.41, 5.74) is -0.684. The van der Waals surface area contributed by atoms with E-state index < -0.39 is 36.0 Å². The number of carbonyl (C=O) groups excluding carboxylic acids is 3. The highest BCUT2D eigenvalue weighted by Crippen LogP contribution is 2.28. The van der Waals surface area contributed by atoms with Crippen LogP contribution in [-0.2, 0) is 19.0 Å². The van der Waals surface area contributed by atoms with Crippen LogP contribution in [0, 0.1) is 11.8 Å². The Hall–Kier alpha value is -2.89. The smallest absolute Gasteiger partial charge is 0.410 e. The molecule has 3 fully saturated rings. The Labute approximate surface area is 293 Å². The standard InChI is InChI=1S/C38H61N3O8/c1-28(27-47-36(44)40-20-9-10-21-40)12-11-13-29(2)35-30(3)16-17-33(38(4,46)19-18-32(42)26-34(43)49-35)48-37(45)41-24-22-39(23-25-41)31-14-7-5-6-8-15-31/h11-13,16-17,28,30-33,35,42,46H,5-10,14-15,18-27H2,1-4H3/b12-11+,17-16+,29-13+/t28-,30-,32+,33-,35+,38+/m0/s1. The number of likely N-dealkylation sites (tertiary alicyclic amines) is 1. The van der Waals surface area contributed by atoms with Crippen molar-refractivity contribution in [2.24, 2.45) is 11.8 Å². The molecule has 0 aromatic rings. The van der Waals surface area contributed by atoms with Gasteiger partial charge in [-0.3, -0.25) is 9.69 Å². The molecule has 2 amide bonds. The van der Waals surface area contributed by atoms with E-state index in [-0.39, 0.29) is 43.8 Å². The second kappa shape index (κ2) is 18.9. The monoisotopic (exact) mass is 687 g/mol. The number of amides is 2. The fourth-order valence-electron chi connectivity index (χ4n) is 7.27. The van der Waals surface area contributed by atoms with Crippen LogP contribution in [0.3, 0.4) is 0 Å². The first-order chi connectivity index (χ1) is 23.4. The number of cyclic esters (lactones) is 1. The van der Waals surface area contributed by atoms with Gasteiger partial charge in [0.2, 0.25) is 0 Å². The lowest BCUT2D eigenvalue weighted by Crippen LogP contribution is -2.53. The van der Waals surface area contributed by atoms with Crippen LogP contribution in [0.4, 0.5) is 9.59 Å². The van der Waals surface area contributed by atoms with Gasteiger partial charge in [-0.25, -0.2) is 9.59 Å². The molecule has 49 heavy (non-hydrogen) atoms. The second-order valence-electron chi connectivity index (χ2n) is 14.9. The van der Waals surface area contributed by atoms with Crippen LogP contribution in [0.2, 0.25) is 0 Å². The van der Waals surface area contributed by atoms with Crippen LogP contribution in [0.1, 0.15) is 98.3 Å². The largest absolute Gasteiger partial charge is 0.457 e. The molecule has 4 rings (SSSR count). The third kappa shape index (κ3) is 12.1. The lowest BCUT2D eigenvalue weighted by molar-refractivity contribution is -0.151. The zero-order valence-electron chi connectivity index (χ0n) is 30.3. The number of nitrogens with zero attached hydrogens (tertiary/aromatic N) is 3. The number of ether oxygens (including phenoxy) is 3. The Balaban J connectivity index is 1.40. The van der Waals surface area contributed by atoms with E-state index in [2.05, 4.69) is 4.90 Å². The van der Waals surface area contributed by atoms with Crippen LogP contribution in [0.5, 0.6) is 0 Å². The third-order valence-electron chi connectivity index (χ3n) is 10.5. The number of carbonyl (C=O) groups is 3. The van der Waals surface area contributed by atoms with Gasteiger partial charge in [-0.2, -0.15) is 0 Å². The molecule has 2 N–H and O–H groups in total. The number of esters is 1. The number of allylic oxidation sites excluding steroid dienone is 2. The highest BCUT2D eigenvalue weighted by Gasteiger charge is 2.37. The van der Waals surface area contributed by atoms with Gasteiger partial charge >= 0.3 is 18.2 Å². The van der Waals surface area contributed by atoms with E-state index in [0.717, 1.165) is 44.6 Å². The summed E-state index contributed by atoms with van der Waals surface area (Å²) >= 11 is 0. The number of piperazine rings is 1. The van der Waals surface area contributed by atoms with Crippen molar-refractivity contribution in [2.45, 2.75) is 128 Å². The molecular formula is C38H61N3O8. The molecule has 0 unspecified atom stereocenters. The van der Waals surface area contributed by atoms with Crippen LogP contribution in [-0.4, -0.2) is 119 Å². The minimum atomic E-state index is -1.46. The number of aliphatic hydroxyl groups excluding tert-OH is 1. The lowest BCUT2D eigenvalue weighted by Gasteiger charge is -2.40. The summed E-state index contributed by atoms with van der Waals surface area (Å²) in [6, 6.07) is 0.589. The predicted octanol–water partition coefficient (Wildman–Crippen LogP) is 5.60. The van der Waals surface area contributed by atoms with Crippen molar-refractivity contribution in [3.8, 4) is 0 Å². The fourth-order valence-corrected chi connectivity index (χ4v) is 7.27. The first-order valence-corrected chi connectivity index (χ1v) is 18.7. The van der Waals surface area contributed by atoms with E-state index in [4.69, 9.17) is 14.2 Å². The van der Waals surface area contributed by atoms with Crippen molar-refractivity contribution in [1.82, 2.24) is 14.7 Å². The third-order valence-corrected chi connectivity index (χ3v) is 10.5. The van der Waals surface area contributed by atoms with Gasteiger partial charge in [0.25, 0.3) is 0 Å². The molecule has 3 heterocycles. The van der Waals surface area contributed by atoms with Crippen molar-refractivity contribution in [1.29, 1.82) is 0 Å². The molecule has 1 aliphatic carbocycles. The van der Waals surface area contributed by atoms with Crippen molar-refractivity contribution >= 4 is 18.2 Å². The Morgan fingerprint density at radius 3 is 2.31 bits per heavy atom. The number of hydrogen-bond donors (Lipinski definition) is 2. The molecule has 3 aliphatic heterocycles. The molecule has 6 atom stereocenters. The highest BCUT2D eigenvalue weighted by atomic mass is 16.6. The van der Waals surface area contributed by atoms with E-state index in [1.54, 1.807) is 22.8 Å². The summed E-state index contributed by atoms with van der Waals surface area (Å²) in [6.45, 7) is 11.9. The summed E-state index contributed by atoms with van der Waals surface area (Å²) in [7, 11) is 0. The maximum absolute atomic E-state index is 13.4. The fraction of sp³-hybridized carbons (Fsp3) is 0.763. The minimum absolute atomic E-state index is 0.0145. The predicted molar refractivity (Wildman–Crippen MR) is 188 cm³/mol. The van der Waals surface area contributed by atoms with Crippen molar-refractivity contribution in [2.75, 3.05) is 45.9 Å². The Bertz CT molecular complexity index is 1160. The van der Waals surface area contributed by atoms with Gasteiger partial charge in [-0.15, -0.1) is 0 Å². The number of aliphatic hydroxyl groups is 2. The molecule has 0 aromatic carbocycles. The van der Waals surface area contributed by atoms with Gasteiger partial charge in [-0.1, -0.05) is 63.8 Å². The quantitative estimate of drug-likeness (QED) is 0.116. The van der Waals surface area contributed by atoms with E-state index in [0.29, 0.717) is 19.1 Å². The summed E-state index contributed by atoms with van der Waals surface area (Å²) in [5, 5.41) is 22.2. The Morgan fingerprint density at radius 1 is 0.980 bits per heavy atom. The van der Waals surface area contributed by atoms with Crippen LogP contribution < -0.4 is 0 Å². The summed E-state index contributed by atoms with van der Waals surface area (Å²) in [4.78, 5) is 44.5. The van der Waals surface area contributed by atoms with Gasteiger partial charge < -0.3 is 34.2 Å². The van der Waals surface area contributed by atoms with Crippen LogP contribution in [0.25, 0.3) is 0 Å². The minimum Gasteiger partial charge on any atom is -0.457 e. The summed E-state index contributed by atoms with van der Waals surface area (Å²) < 4.78 is 17.3. The molecule has 4 aliphatic rings. The number of hydrogen-bond acceptors (Lipinski definition) is 9. The first-order valence-electron chi connectivity index (χ1n) is 18.7. The molecule has 0 aromatic heterocycles. The van der Waals surface area contributed by atoms with Gasteiger partial charge in [0.1, 0.15) is 11.7 Å². The van der Waals surface area contributed by atoms with E-state index in [9.17, 15) is 24.6 Å². The normalized spacial score (nSPS) is 31.7. The van der Waals surface area contributed by atoms with Crippen LogP contribution in [0.15, 0.2) is 36.0 Å². The first kappa shape index (κ1) is 38.9. The van der Waals surface area contributed by atoms with E-state index in [1.807, 2.05) is 45.1 Å². The topological polar surface area (TPSA) is 129 Å². The van der Waals surface area contributed by atoms with Crippen LogP contribution >= 0.6 is 0 Å². The van der Waals surface area contributed by atoms with Gasteiger partial charge in [0.15, 0.2) is 6.10 Å². The second-order valence-corrected chi connectivity index (χ2v) is 14.9. The zero-order chi connectivity index (χ0) is 35.4. The SMILES string of the molecule is C/C(=C\C=C\[C@H](C)COC(=O)N1CCCC1)[C@H]1OC(=O)C[C@H](O)CC[C@@](C)(O)[C@@H](OC(=O)N2CCN(C3CCCCCC3)CC2)/C=C/[C@@H]1C. The average Bonchev–Trinajstić information content (AvgIpc) is 3.49. The summed E-state index contributed by atoms with van der Waals surface area (Å²) in [6.07, 6.45) is 15.5. The molecular weight excluding hydrogens is 626 g/mol. The van der Waals surface area contributed by atoms with Crippen molar-refractivity contribution < 1.29 is 38.8 Å². The van der Waals surface area contributed by atoms with Crippen molar-refractivity contribution in [3.05, 3.63) is 36.0 Å². The van der Waals surface area contributed by atoms with Crippen molar-refractivity contribution in [3.63, 3.8) is 0 Å². The molecule has 2 saturated heterocycles. The maximum Gasteiger partial charge on any atom is 0.410 e. The van der Waals surface area contributed by atoms with Gasteiger partial charge in [0, 0.05) is 57.1 Å². The molecule has 276 valence electrons. The Morgan fingerprint density at radius 2 is 1.63 bits per heavy atom. The summed E-state index contributed by atoms with van der Waals surface area (Å²) in [5.74, 6) is -0.869. The van der Waals surface area contributed by atoms with E-state index >= 15 is 0 Å². The highest BCUT2D eigenvalue weighted by molar-refractivity contribution is 5.70. The Kier molecular flexibility index (Phi) is 15.0.